The number of benzene rings is 4. The van der Waals surface area contributed by atoms with Crippen molar-refractivity contribution in [2.75, 3.05) is 7.11 Å². The highest BCUT2D eigenvalue weighted by Gasteiger charge is 2.18. The largest absolute Gasteiger partial charge is 0.496 e. The summed E-state index contributed by atoms with van der Waals surface area (Å²) < 4.78 is 27.7. The van der Waals surface area contributed by atoms with E-state index in [9.17, 15) is 9.18 Å². The van der Waals surface area contributed by atoms with Gasteiger partial charge in [-0.15, -0.1) is 0 Å². The van der Waals surface area contributed by atoms with E-state index in [-0.39, 0.29) is 23.9 Å². The van der Waals surface area contributed by atoms with Gasteiger partial charge in [0.1, 0.15) is 23.9 Å². The van der Waals surface area contributed by atoms with Crippen LogP contribution in [0.3, 0.4) is 0 Å². The van der Waals surface area contributed by atoms with Gasteiger partial charge in [0.05, 0.1) is 27.8 Å². The van der Waals surface area contributed by atoms with E-state index in [1.165, 1.54) is 10.7 Å². The van der Waals surface area contributed by atoms with E-state index >= 15 is 0 Å². The Morgan fingerprint density at radius 1 is 1.02 bits per heavy atom. The SMILES string of the molecule is COc1cc(C)c(-c2nc3ccccc3c(=O)n2N=Cc2ccc(OCc3ccccc3F)c(I)c2)cc1C(C)C. The van der Waals surface area contributed by atoms with Gasteiger partial charge in [-0.3, -0.25) is 4.79 Å². The minimum absolute atomic E-state index is 0.122. The molecule has 5 rings (SSSR count). The molecular weight excluding hydrogens is 632 g/mol. The quantitative estimate of drug-likeness (QED) is 0.126. The Morgan fingerprint density at radius 2 is 1.78 bits per heavy atom. The molecule has 0 radical (unpaired) electrons. The number of methoxy groups -OCH3 is 1. The van der Waals surface area contributed by atoms with Crippen LogP contribution < -0.4 is 15.0 Å². The van der Waals surface area contributed by atoms with E-state index in [0.29, 0.717) is 28.0 Å². The second kappa shape index (κ2) is 12.2. The zero-order chi connectivity index (χ0) is 29.1. The molecule has 0 saturated carbocycles. The molecule has 0 fully saturated rings. The second-order valence-electron chi connectivity index (χ2n) is 9.95. The molecule has 1 heterocycles. The van der Waals surface area contributed by atoms with Crippen LogP contribution in [0.15, 0.2) is 88.8 Å². The number of hydrogen-bond acceptors (Lipinski definition) is 5. The number of nitrogens with zero attached hydrogens (tertiary/aromatic N) is 3. The highest BCUT2D eigenvalue weighted by molar-refractivity contribution is 14.1. The minimum Gasteiger partial charge on any atom is -0.496 e. The van der Waals surface area contributed by atoms with E-state index in [0.717, 1.165) is 31.6 Å². The lowest BCUT2D eigenvalue weighted by atomic mass is 9.96. The molecule has 0 aliphatic heterocycles. The zero-order valence-corrected chi connectivity index (χ0v) is 25.3. The molecule has 0 aliphatic rings. The fourth-order valence-corrected chi connectivity index (χ4v) is 5.28. The topological polar surface area (TPSA) is 65.7 Å². The van der Waals surface area contributed by atoms with E-state index < -0.39 is 0 Å². The van der Waals surface area contributed by atoms with Gasteiger partial charge in [0.15, 0.2) is 5.82 Å². The molecule has 41 heavy (non-hydrogen) atoms. The molecule has 0 spiro atoms. The maximum absolute atomic E-state index is 14.0. The van der Waals surface area contributed by atoms with Crippen LogP contribution in [0.2, 0.25) is 0 Å². The third-order valence-corrected chi connectivity index (χ3v) is 7.66. The van der Waals surface area contributed by atoms with Crippen LogP contribution in [0.25, 0.3) is 22.3 Å². The number of fused-ring (bicyclic) bond motifs is 1. The fourth-order valence-electron chi connectivity index (χ4n) is 4.58. The molecule has 1 aromatic heterocycles. The van der Waals surface area contributed by atoms with Crippen molar-refractivity contribution in [1.82, 2.24) is 9.66 Å². The van der Waals surface area contributed by atoms with E-state index in [2.05, 4.69) is 41.5 Å². The summed E-state index contributed by atoms with van der Waals surface area (Å²) in [6, 6.07) is 23.4. The van der Waals surface area contributed by atoms with Gasteiger partial charge in [-0.25, -0.2) is 9.37 Å². The van der Waals surface area contributed by atoms with Crippen LogP contribution in [0.1, 0.15) is 42.0 Å². The summed E-state index contributed by atoms with van der Waals surface area (Å²) in [4.78, 5) is 18.6. The molecule has 0 saturated heterocycles. The zero-order valence-electron chi connectivity index (χ0n) is 23.2. The van der Waals surface area contributed by atoms with E-state index in [1.54, 1.807) is 37.6 Å². The third kappa shape index (κ3) is 6.02. The van der Waals surface area contributed by atoms with Gasteiger partial charge in [-0.05, 0) is 101 Å². The first-order chi connectivity index (χ1) is 19.8. The van der Waals surface area contributed by atoms with Gasteiger partial charge in [0.25, 0.3) is 5.56 Å². The van der Waals surface area contributed by atoms with Gasteiger partial charge in [0.2, 0.25) is 0 Å². The normalized spacial score (nSPS) is 11.5. The Labute approximate surface area is 251 Å². The van der Waals surface area contributed by atoms with Crippen molar-refractivity contribution >= 4 is 39.7 Å². The fraction of sp³-hybridized carbons (Fsp3) is 0.182. The smallest absolute Gasteiger partial charge is 0.282 e. The Bertz CT molecular complexity index is 1830. The summed E-state index contributed by atoms with van der Waals surface area (Å²) in [6.45, 7) is 6.29. The van der Waals surface area contributed by atoms with Crippen molar-refractivity contribution < 1.29 is 13.9 Å². The predicted molar refractivity (Wildman–Crippen MR) is 170 cm³/mol. The van der Waals surface area contributed by atoms with Crippen molar-refractivity contribution in [2.45, 2.75) is 33.3 Å². The Balaban J connectivity index is 1.54. The van der Waals surface area contributed by atoms with Crippen LogP contribution in [0.5, 0.6) is 11.5 Å². The average Bonchev–Trinajstić information content (AvgIpc) is 2.96. The van der Waals surface area contributed by atoms with Crippen molar-refractivity contribution in [3.8, 4) is 22.9 Å². The van der Waals surface area contributed by atoms with Crippen molar-refractivity contribution in [3.05, 3.63) is 121 Å². The first-order valence-electron chi connectivity index (χ1n) is 13.2. The minimum atomic E-state index is -0.302. The lowest BCUT2D eigenvalue weighted by Crippen LogP contribution is -2.20. The van der Waals surface area contributed by atoms with Gasteiger partial charge in [-0.1, -0.05) is 44.2 Å². The number of aromatic nitrogens is 2. The number of hydrogen-bond donors (Lipinski definition) is 0. The van der Waals surface area contributed by atoms with Crippen molar-refractivity contribution in [1.29, 1.82) is 0 Å². The average molecular weight is 662 g/mol. The van der Waals surface area contributed by atoms with Gasteiger partial charge >= 0.3 is 0 Å². The molecule has 0 N–H and O–H groups in total. The Morgan fingerprint density at radius 3 is 2.51 bits per heavy atom. The highest BCUT2D eigenvalue weighted by atomic mass is 127. The first-order valence-corrected chi connectivity index (χ1v) is 14.3. The van der Waals surface area contributed by atoms with E-state index in [4.69, 9.17) is 14.5 Å². The number of para-hydroxylation sites is 1. The molecule has 0 atom stereocenters. The number of halogens is 2. The lowest BCUT2D eigenvalue weighted by Gasteiger charge is -2.17. The summed E-state index contributed by atoms with van der Waals surface area (Å²) >= 11 is 2.17. The van der Waals surface area contributed by atoms with Crippen molar-refractivity contribution in [2.24, 2.45) is 5.10 Å². The maximum Gasteiger partial charge on any atom is 0.282 e. The van der Waals surface area contributed by atoms with Crippen molar-refractivity contribution in [3.63, 3.8) is 0 Å². The molecule has 8 heteroatoms. The van der Waals surface area contributed by atoms with Gasteiger partial charge in [-0.2, -0.15) is 9.78 Å². The Kier molecular flexibility index (Phi) is 8.49. The monoisotopic (exact) mass is 661 g/mol. The molecule has 208 valence electrons. The standard InChI is InChI=1S/C33H29FIN3O3/c1-20(2)25-17-26(21(3)15-31(25)40-4)32-37-29-12-8-6-10-24(29)33(39)38(32)36-18-22-13-14-30(28(35)16-22)41-19-23-9-5-7-11-27(23)34/h5-18,20H,19H2,1-4H3. The second-order valence-corrected chi connectivity index (χ2v) is 11.1. The number of rotatable bonds is 8. The Hall–Kier alpha value is -4.05. The lowest BCUT2D eigenvalue weighted by molar-refractivity contribution is 0.297. The van der Waals surface area contributed by atoms with Gasteiger partial charge in [0, 0.05) is 11.1 Å². The molecule has 0 aliphatic carbocycles. The predicted octanol–water partition coefficient (Wildman–Crippen LogP) is 7.71. The summed E-state index contributed by atoms with van der Waals surface area (Å²) in [5.74, 6) is 1.78. The third-order valence-electron chi connectivity index (χ3n) is 6.81. The van der Waals surface area contributed by atoms with E-state index in [1.807, 2.05) is 55.5 Å². The molecular formula is C33H29FIN3O3. The molecule has 0 amide bonds. The summed E-state index contributed by atoms with van der Waals surface area (Å²) in [5, 5.41) is 5.11. The molecule has 0 unspecified atom stereocenters. The number of aryl methyl sites for hydroxylation is 1. The van der Waals surface area contributed by atoms with Crippen LogP contribution in [0, 0.1) is 16.3 Å². The van der Waals surface area contributed by atoms with Gasteiger partial charge < -0.3 is 9.47 Å². The molecule has 0 bridgehead atoms. The van der Waals surface area contributed by atoms with Crippen LogP contribution in [-0.4, -0.2) is 23.0 Å². The van der Waals surface area contributed by atoms with Crippen LogP contribution >= 0.6 is 22.6 Å². The highest BCUT2D eigenvalue weighted by Crippen LogP contribution is 2.34. The maximum atomic E-state index is 14.0. The summed E-state index contributed by atoms with van der Waals surface area (Å²) in [7, 11) is 1.66. The first kappa shape index (κ1) is 28.5. The molecule has 4 aromatic carbocycles. The van der Waals surface area contributed by atoms with Crippen LogP contribution in [0.4, 0.5) is 4.39 Å². The summed E-state index contributed by atoms with van der Waals surface area (Å²) in [6.07, 6.45) is 1.63. The van der Waals surface area contributed by atoms with Crippen LogP contribution in [-0.2, 0) is 6.61 Å². The summed E-state index contributed by atoms with van der Waals surface area (Å²) in [5.41, 5.74) is 4.34. The molecule has 6 nitrogen and oxygen atoms in total. The number of ether oxygens (including phenoxy) is 2. The molecule has 5 aromatic rings.